The van der Waals surface area contributed by atoms with Crippen molar-refractivity contribution >= 4 is 18.4 Å². The molecule has 1 aromatic carbocycles. The van der Waals surface area contributed by atoms with E-state index in [9.17, 15) is 4.79 Å². The van der Waals surface area contributed by atoms with Crippen molar-refractivity contribution < 1.29 is 28.8 Å². The smallest absolute Gasteiger partial charge is 0.303 e. The summed E-state index contributed by atoms with van der Waals surface area (Å²) in [7, 11) is 0. The number of nitrogens with two attached hydrogens (primary N) is 1. The lowest BCUT2D eigenvalue weighted by Gasteiger charge is -2.09. The first-order valence-corrected chi connectivity index (χ1v) is 11.5. The summed E-state index contributed by atoms with van der Waals surface area (Å²) in [6, 6.07) is 8.04. The molecule has 0 spiro atoms. The lowest BCUT2D eigenvalue weighted by Crippen LogP contribution is -2.10. The van der Waals surface area contributed by atoms with Crippen LogP contribution >= 0.6 is 12.4 Å². The second-order valence-electron chi connectivity index (χ2n) is 7.66. The highest BCUT2D eigenvalue weighted by Gasteiger charge is 2.00. The van der Waals surface area contributed by atoms with Crippen molar-refractivity contribution in [2.45, 2.75) is 64.3 Å². The number of rotatable bonds is 21. The van der Waals surface area contributed by atoms with E-state index in [-0.39, 0.29) is 24.9 Å². The first-order valence-electron chi connectivity index (χ1n) is 11.5. The molecule has 0 amide bonds. The highest BCUT2D eigenvalue weighted by molar-refractivity contribution is 5.85. The number of benzene rings is 1. The number of halogens is 1. The predicted molar refractivity (Wildman–Crippen MR) is 129 cm³/mol. The van der Waals surface area contributed by atoms with Crippen LogP contribution in [0.2, 0.25) is 0 Å². The second kappa shape index (κ2) is 21.5. The SMILES string of the molecule is C[C@H](N)c1ccc(OCCCCCCOCCOCCOCCCCCC(=O)O)cc1.Cl. The van der Waals surface area contributed by atoms with Gasteiger partial charge in [0.25, 0.3) is 0 Å². The van der Waals surface area contributed by atoms with Gasteiger partial charge in [0.05, 0.1) is 33.0 Å². The van der Waals surface area contributed by atoms with Crippen molar-refractivity contribution in [3.05, 3.63) is 29.8 Å². The molecular formula is C24H42ClNO6. The van der Waals surface area contributed by atoms with E-state index in [0.29, 0.717) is 39.5 Å². The molecule has 0 bridgehead atoms. The maximum atomic E-state index is 10.4. The average molecular weight is 476 g/mol. The van der Waals surface area contributed by atoms with Crippen LogP contribution in [-0.4, -0.2) is 57.3 Å². The highest BCUT2D eigenvalue weighted by atomic mass is 35.5. The molecular weight excluding hydrogens is 434 g/mol. The van der Waals surface area contributed by atoms with Crippen LogP contribution in [0, 0.1) is 0 Å². The Morgan fingerprint density at radius 1 is 0.781 bits per heavy atom. The van der Waals surface area contributed by atoms with Gasteiger partial charge >= 0.3 is 5.97 Å². The van der Waals surface area contributed by atoms with Gasteiger partial charge in [-0.1, -0.05) is 25.0 Å². The fraction of sp³-hybridized carbons (Fsp3) is 0.708. The summed E-state index contributed by atoms with van der Waals surface area (Å²) >= 11 is 0. The molecule has 8 heteroatoms. The minimum Gasteiger partial charge on any atom is -0.494 e. The first kappa shape index (κ1) is 30.6. The topological polar surface area (TPSA) is 100 Å². The zero-order valence-corrected chi connectivity index (χ0v) is 20.3. The van der Waals surface area contributed by atoms with Crippen molar-refractivity contribution in [1.82, 2.24) is 0 Å². The van der Waals surface area contributed by atoms with Crippen molar-refractivity contribution in [3.63, 3.8) is 0 Å². The Hall–Kier alpha value is -1.38. The van der Waals surface area contributed by atoms with E-state index in [4.69, 9.17) is 29.8 Å². The van der Waals surface area contributed by atoms with Gasteiger partial charge in [0.15, 0.2) is 0 Å². The number of hydrogen-bond donors (Lipinski definition) is 2. The molecule has 1 atom stereocenters. The molecule has 0 fully saturated rings. The third-order valence-electron chi connectivity index (χ3n) is 4.78. The van der Waals surface area contributed by atoms with Gasteiger partial charge in [0, 0.05) is 25.7 Å². The number of unbranched alkanes of at least 4 members (excludes halogenated alkanes) is 5. The normalized spacial score (nSPS) is 11.7. The number of hydrogen-bond acceptors (Lipinski definition) is 6. The Bertz CT molecular complexity index is 556. The number of aliphatic carboxylic acids is 1. The van der Waals surface area contributed by atoms with E-state index < -0.39 is 5.97 Å². The van der Waals surface area contributed by atoms with Crippen molar-refractivity contribution in [2.75, 3.05) is 46.2 Å². The summed E-state index contributed by atoms with van der Waals surface area (Å²) in [5.74, 6) is 0.163. The molecule has 0 saturated heterocycles. The van der Waals surface area contributed by atoms with Crippen LogP contribution in [0.1, 0.15) is 69.9 Å². The molecule has 3 N–H and O–H groups in total. The molecule has 1 aromatic rings. The van der Waals surface area contributed by atoms with Crippen molar-refractivity contribution in [3.8, 4) is 5.75 Å². The summed E-state index contributed by atoms with van der Waals surface area (Å²) < 4.78 is 22.2. The number of ether oxygens (including phenoxy) is 4. The Morgan fingerprint density at radius 2 is 1.25 bits per heavy atom. The number of carboxylic acid groups (broad SMARTS) is 1. The minimum atomic E-state index is -0.734. The van der Waals surface area contributed by atoms with Gasteiger partial charge in [-0.2, -0.15) is 0 Å². The van der Waals surface area contributed by atoms with Gasteiger partial charge in [-0.3, -0.25) is 4.79 Å². The summed E-state index contributed by atoms with van der Waals surface area (Å²) in [5.41, 5.74) is 6.96. The molecule has 0 aliphatic rings. The Labute approximate surface area is 199 Å². The molecule has 0 heterocycles. The highest BCUT2D eigenvalue weighted by Crippen LogP contribution is 2.16. The van der Waals surface area contributed by atoms with Crippen LogP contribution < -0.4 is 10.5 Å². The van der Waals surface area contributed by atoms with Gasteiger partial charge < -0.3 is 29.8 Å². The van der Waals surface area contributed by atoms with Crippen LogP contribution in [0.5, 0.6) is 5.75 Å². The first-order chi connectivity index (χ1) is 15.1. The summed E-state index contributed by atoms with van der Waals surface area (Å²) in [6.45, 7) is 6.44. The molecule has 186 valence electrons. The van der Waals surface area contributed by atoms with Gasteiger partial charge in [0.1, 0.15) is 5.75 Å². The lowest BCUT2D eigenvalue weighted by molar-refractivity contribution is -0.137. The third-order valence-corrected chi connectivity index (χ3v) is 4.78. The Morgan fingerprint density at radius 3 is 1.75 bits per heavy atom. The van der Waals surface area contributed by atoms with E-state index in [2.05, 4.69) is 0 Å². The van der Waals surface area contributed by atoms with Crippen molar-refractivity contribution in [1.29, 1.82) is 0 Å². The maximum absolute atomic E-state index is 10.4. The Balaban J connectivity index is 0.00000961. The fourth-order valence-electron chi connectivity index (χ4n) is 2.92. The van der Waals surface area contributed by atoms with E-state index >= 15 is 0 Å². The predicted octanol–water partition coefficient (Wildman–Crippen LogP) is 4.76. The number of carbonyl (C=O) groups is 1. The maximum Gasteiger partial charge on any atom is 0.303 e. The van der Waals surface area contributed by atoms with Crippen LogP contribution in [0.15, 0.2) is 24.3 Å². The number of carboxylic acids is 1. The van der Waals surface area contributed by atoms with Crippen molar-refractivity contribution in [2.24, 2.45) is 5.73 Å². The summed E-state index contributed by atoms with van der Waals surface area (Å²) in [6.07, 6.45) is 7.08. The largest absolute Gasteiger partial charge is 0.494 e. The summed E-state index contributed by atoms with van der Waals surface area (Å²) in [4.78, 5) is 10.4. The second-order valence-corrected chi connectivity index (χ2v) is 7.66. The van der Waals surface area contributed by atoms with Gasteiger partial charge in [-0.05, 0) is 56.7 Å². The van der Waals surface area contributed by atoms with E-state index in [1.165, 1.54) is 0 Å². The van der Waals surface area contributed by atoms with Gasteiger partial charge in [-0.15, -0.1) is 12.4 Å². The molecule has 0 radical (unpaired) electrons. The zero-order chi connectivity index (χ0) is 22.6. The molecule has 0 unspecified atom stereocenters. The van der Waals surface area contributed by atoms with Crippen LogP contribution in [0.3, 0.4) is 0 Å². The standard InChI is InChI=1S/C24H41NO6.ClH/c1-21(25)22-10-12-23(13-11-22)31-16-8-3-2-6-14-28-17-19-30-20-18-29-15-7-4-5-9-24(26)27;/h10-13,21H,2-9,14-20,25H2,1H3,(H,26,27);1H/t21-;/m0./s1. The van der Waals surface area contributed by atoms with Gasteiger partial charge in [-0.25, -0.2) is 0 Å². The summed E-state index contributed by atoms with van der Waals surface area (Å²) in [5, 5.41) is 8.54. The quantitative estimate of drug-likeness (QED) is 0.247. The molecule has 1 rings (SSSR count). The van der Waals surface area contributed by atoms with Crippen LogP contribution in [-0.2, 0) is 19.0 Å². The monoisotopic (exact) mass is 475 g/mol. The zero-order valence-electron chi connectivity index (χ0n) is 19.5. The van der Waals surface area contributed by atoms with Gasteiger partial charge in [0.2, 0.25) is 0 Å². The third kappa shape index (κ3) is 18.2. The molecule has 0 aliphatic heterocycles. The molecule has 0 aromatic heterocycles. The Kier molecular flexibility index (Phi) is 20.5. The van der Waals surface area contributed by atoms with E-state index in [1.807, 2.05) is 31.2 Å². The minimum absolute atomic E-state index is 0. The molecule has 7 nitrogen and oxygen atoms in total. The van der Waals surface area contributed by atoms with Crippen LogP contribution in [0.25, 0.3) is 0 Å². The van der Waals surface area contributed by atoms with E-state index in [1.54, 1.807) is 0 Å². The average Bonchev–Trinajstić information content (AvgIpc) is 2.75. The lowest BCUT2D eigenvalue weighted by atomic mass is 10.1. The fourth-order valence-corrected chi connectivity index (χ4v) is 2.92. The molecule has 0 aliphatic carbocycles. The van der Waals surface area contributed by atoms with E-state index in [0.717, 1.165) is 63.1 Å². The molecule has 0 saturated carbocycles. The van der Waals surface area contributed by atoms with Crippen LogP contribution in [0.4, 0.5) is 0 Å². The molecule has 32 heavy (non-hydrogen) atoms.